The fourth-order valence-corrected chi connectivity index (χ4v) is 2.74. The average molecular weight is 285 g/mol. The number of nitrogens with zero attached hydrogens (tertiary/aromatic N) is 1. The lowest BCUT2D eigenvalue weighted by molar-refractivity contribution is 0.136. The van der Waals surface area contributed by atoms with E-state index in [0.29, 0.717) is 15.9 Å². The van der Waals surface area contributed by atoms with Crippen molar-refractivity contribution in [2.45, 2.75) is 19.4 Å². The van der Waals surface area contributed by atoms with Crippen LogP contribution in [0.15, 0.2) is 18.2 Å². The molecule has 0 saturated carbocycles. The Morgan fingerprint density at radius 3 is 2.83 bits per heavy atom. The highest BCUT2D eigenvalue weighted by Gasteiger charge is 2.27. The summed E-state index contributed by atoms with van der Waals surface area (Å²) in [4.78, 5) is 2.55. The fraction of sp³-hybridized carbons (Fsp3) is 0.462. The summed E-state index contributed by atoms with van der Waals surface area (Å²) in [5, 5.41) is 10.3. The Labute approximate surface area is 118 Å². The van der Waals surface area contributed by atoms with Crippen LogP contribution in [0.1, 0.15) is 18.9 Å². The third-order valence-corrected chi connectivity index (χ3v) is 4.02. The van der Waals surface area contributed by atoms with Gasteiger partial charge in [-0.3, -0.25) is 0 Å². The minimum Gasteiger partial charge on any atom is -0.393 e. The number of rotatable bonds is 3. The van der Waals surface area contributed by atoms with E-state index in [2.05, 4.69) is 4.90 Å². The fourth-order valence-electron chi connectivity index (χ4n) is 2.32. The normalized spacial score (nSPS) is 21.1. The number of benzene rings is 1. The number of anilines is 1. The molecule has 3 N–H and O–H groups in total. The van der Waals surface area contributed by atoms with E-state index >= 15 is 0 Å². The standard InChI is InChI=1S/C13H17ClN2OS/c1-8(17)10-4-5-16(7-10)12-3-2-9(13(15)18)6-11(12)14/h2-3,6,8,10,17H,4-5,7H2,1H3,(H2,15,18). The first-order chi connectivity index (χ1) is 8.49. The Balaban J connectivity index is 2.18. The molecule has 5 heteroatoms. The number of aliphatic hydroxyl groups is 1. The lowest BCUT2D eigenvalue weighted by Gasteiger charge is -2.21. The highest BCUT2D eigenvalue weighted by atomic mass is 35.5. The van der Waals surface area contributed by atoms with Gasteiger partial charge in [0, 0.05) is 24.6 Å². The third kappa shape index (κ3) is 2.76. The smallest absolute Gasteiger partial charge is 0.104 e. The molecule has 0 aliphatic carbocycles. The number of hydrogen-bond donors (Lipinski definition) is 2. The van der Waals surface area contributed by atoms with Crippen molar-refractivity contribution >= 4 is 34.5 Å². The second-order valence-electron chi connectivity index (χ2n) is 4.77. The Bertz CT molecular complexity index is 464. The topological polar surface area (TPSA) is 49.5 Å². The van der Waals surface area contributed by atoms with E-state index < -0.39 is 0 Å². The van der Waals surface area contributed by atoms with Crippen molar-refractivity contribution < 1.29 is 5.11 Å². The number of aliphatic hydroxyl groups excluding tert-OH is 1. The van der Waals surface area contributed by atoms with E-state index in [1.807, 2.05) is 19.1 Å². The highest BCUT2D eigenvalue weighted by Crippen LogP contribution is 2.32. The number of halogens is 1. The molecule has 0 bridgehead atoms. The minimum atomic E-state index is -0.273. The first-order valence-electron chi connectivity index (χ1n) is 6.01. The number of thiocarbonyl (C=S) groups is 1. The molecule has 0 radical (unpaired) electrons. The van der Waals surface area contributed by atoms with Gasteiger partial charge in [-0.25, -0.2) is 0 Å². The predicted octanol–water partition coefficient (Wildman–Crippen LogP) is 2.18. The van der Waals surface area contributed by atoms with Crippen molar-refractivity contribution in [3.8, 4) is 0 Å². The number of hydrogen-bond acceptors (Lipinski definition) is 3. The van der Waals surface area contributed by atoms with E-state index in [-0.39, 0.29) is 6.10 Å². The van der Waals surface area contributed by atoms with Crippen molar-refractivity contribution in [2.75, 3.05) is 18.0 Å². The molecular weight excluding hydrogens is 268 g/mol. The van der Waals surface area contributed by atoms with Gasteiger partial charge in [-0.2, -0.15) is 0 Å². The Morgan fingerprint density at radius 2 is 2.33 bits per heavy atom. The van der Waals surface area contributed by atoms with Crippen LogP contribution in [0.2, 0.25) is 5.02 Å². The van der Waals surface area contributed by atoms with Gasteiger partial charge in [-0.15, -0.1) is 0 Å². The van der Waals surface area contributed by atoms with Crippen molar-refractivity contribution in [2.24, 2.45) is 11.7 Å². The molecule has 1 aliphatic rings. The predicted molar refractivity (Wildman–Crippen MR) is 79.3 cm³/mol. The van der Waals surface area contributed by atoms with Gasteiger partial charge in [0.15, 0.2) is 0 Å². The molecule has 1 aliphatic heterocycles. The quantitative estimate of drug-likeness (QED) is 0.836. The van der Waals surface area contributed by atoms with Gasteiger partial charge in [0.1, 0.15) is 4.99 Å². The van der Waals surface area contributed by atoms with E-state index in [4.69, 9.17) is 29.6 Å². The molecule has 0 amide bonds. The molecule has 98 valence electrons. The summed E-state index contributed by atoms with van der Waals surface area (Å²) in [5.74, 6) is 0.316. The van der Waals surface area contributed by atoms with E-state index in [1.165, 1.54) is 0 Å². The van der Waals surface area contributed by atoms with Gasteiger partial charge >= 0.3 is 0 Å². The van der Waals surface area contributed by atoms with Gasteiger partial charge in [0.2, 0.25) is 0 Å². The zero-order valence-electron chi connectivity index (χ0n) is 10.3. The molecule has 2 atom stereocenters. The first kappa shape index (κ1) is 13.6. The van der Waals surface area contributed by atoms with Crippen molar-refractivity contribution in [3.05, 3.63) is 28.8 Å². The first-order valence-corrected chi connectivity index (χ1v) is 6.80. The van der Waals surface area contributed by atoms with Crippen LogP contribution < -0.4 is 10.6 Å². The molecule has 0 aromatic heterocycles. The lowest BCUT2D eigenvalue weighted by atomic mass is 10.0. The molecule has 3 nitrogen and oxygen atoms in total. The molecule has 0 spiro atoms. The largest absolute Gasteiger partial charge is 0.393 e. The molecule has 2 rings (SSSR count). The van der Waals surface area contributed by atoms with Crippen LogP contribution in [0.3, 0.4) is 0 Å². The zero-order chi connectivity index (χ0) is 13.3. The third-order valence-electron chi connectivity index (χ3n) is 3.48. The Kier molecular flexibility index (Phi) is 4.10. The minimum absolute atomic E-state index is 0.273. The van der Waals surface area contributed by atoms with E-state index in [9.17, 15) is 5.11 Å². The van der Waals surface area contributed by atoms with Crippen molar-refractivity contribution in [1.82, 2.24) is 0 Å². The highest BCUT2D eigenvalue weighted by molar-refractivity contribution is 7.80. The average Bonchev–Trinajstić information content (AvgIpc) is 2.78. The molecule has 1 heterocycles. The molecule has 2 unspecified atom stereocenters. The molecule has 1 fully saturated rings. The summed E-state index contributed by atoms with van der Waals surface area (Å²) < 4.78 is 0. The van der Waals surface area contributed by atoms with Crippen LogP contribution >= 0.6 is 23.8 Å². The Morgan fingerprint density at radius 1 is 1.61 bits per heavy atom. The van der Waals surface area contributed by atoms with E-state index in [1.54, 1.807) is 6.07 Å². The van der Waals surface area contributed by atoms with Gasteiger partial charge in [0.05, 0.1) is 16.8 Å². The number of nitrogens with two attached hydrogens (primary N) is 1. The summed E-state index contributed by atoms with van der Waals surface area (Å²) in [6, 6.07) is 5.63. The van der Waals surface area contributed by atoms with E-state index in [0.717, 1.165) is 30.8 Å². The monoisotopic (exact) mass is 284 g/mol. The molecule has 1 saturated heterocycles. The van der Waals surface area contributed by atoms with Gasteiger partial charge in [-0.1, -0.05) is 23.8 Å². The van der Waals surface area contributed by atoms with Crippen LogP contribution in [0, 0.1) is 5.92 Å². The van der Waals surface area contributed by atoms with Crippen LogP contribution in [0.5, 0.6) is 0 Å². The van der Waals surface area contributed by atoms with Gasteiger partial charge in [0.25, 0.3) is 0 Å². The maximum absolute atomic E-state index is 9.61. The molecule has 18 heavy (non-hydrogen) atoms. The molecule has 1 aromatic rings. The van der Waals surface area contributed by atoms with Crippen LogP contribution in [0.4, 0.5) is 5.69 Å². The Hall–Kier alpha value is -0.840. The van der Waals surface area contributed by atoms with Crippen molar-refractivity contribution in [3.63, 3.8) is 0 Å². The SMILES string of the molecule is CC(O)C1CCN(c2ccc(C(N)=S)cc2Cl)C1. The summed E-state index contributed by atoms with van der Waals surface area (Å²) in [7, 11) is 0. The summed E-state index contributed by atoms with van der Waals surface area (Å²) in [5.41, 5.74) is 7.34. The summed E-state index contributed by atoms with van der Waals surface area (Å²) >= 11 is 11.2. The zero-order valence-corrected chi connectivity index (χ0v) is 11.8. The van der Waals surface area contributed by atoms with Gasteiger partial charge < -0.3 is 15.7 Å². The van der Waals surface area contributed by atoms with Crippen LogP contribution in [-0.4, -0.2) is 29.3 Å². The van der Waals surface area contributed by atoms with Crippen molar-refractivity contribution in [1.29, 1.82) is 0 Å². The summed E-state index contributed by atoms with van der Waals surface area (Å²) in [6.07, 6.45) is 0.718. The summed E-state index contributed by atoms with van der Waals surface area (Å²) in [6.45, 7) is 3.59. The lowest BCUT2D eigenvalue weighted by Crippen LogP contribution is -2.24. The van der Waals surface area contributed by atoms with Crippen LogP contribution in [0.25, 0.3) is 0 Å². The second-order valence-corrected chi connectivity index (χ2v) is 5.61. The molecular formula is C13H17ClN2OS. The maximum Gasteiger partial charge on any atom is 0.104 e. The van der Waals surface area contributed by atoms with Gasteiger partial charge in [-0.05, 0) is 31.5 Å². The second kappa shape index (κ2) is 5.43. The maximum atomic E-state index is 9.61. The molecule has 1 aromatic carbocycles. The van der Waals surface area contributed by atoms with Crippen LogP contribution in [-0.2, 0) is 0 Å².